The van der Waals surface area contributed by atoms with Crippen LogP contribution in [0.3, 0.4) is 0 Å². The quantitative estimate of drug-likeness (QED) is 0.890. The lowest BCUT2D eigenvalue weighted by atomic mass is 9.93. The zero-order chi connectivity index (χ0) is 13.0. The Balaban J connectivity index is 2.06. The van der Waals surface area contributed by atoms with Gasteiger partial charge in [-0.25, -0.2) is 0 Å². The topological polar surface area (TPSA) is 32.7 Å². The SMILES string of the molecule is COc1ccc(C)cc1N1CCC(CCO)CC1. The minimum Gasteiger partial charge on any atom is -0.495 e. The van der Waals surface area contributed by atoms with E-state index in [1.165, 1.54) is 11.3 Å². The lowest BCUT2D eigenvalue weighted by Crippen LogP contribution is -2.34. The number of benzene rings is 1. The summed E-state index contributed by atoms with van der Waals surface area (Å²) in [5, 5.41) is 8.99. The highest BCUT2D eigenvalue weighted by atomic mass is 16.5. The number of rotatable bonds is 4. The number of hydrogen-bond donors (Lipinski definition) is 1. The third-order valence-electron chi connectivity index (χ3n) is 3.83. The fourth-order valence-electron chi connectivity index (χ4n) is 2.69. The summed E-state index contributed by atoms with van der Waals surface area (Å²) in [6.07, 6.45) is 3.27. The van der Waals surface area contributed by atoms with Crippen molar-refractivity contribution < 1.29 is 9.84 Å². The molecule has 0 radical (unpaired) electrons. The van der Waals surface area contributed by atoms with Gasteiger partial charge in [0, 0.05) is 19.7 Å². The van der Waals surface area contributed by atoms with E-state index in [2.05, 4.69) is 24.0 Å². The second-order valence-corrected chi connectivity index (χ2v) is 5.12. The lowest BCUT2D eigenvalue weighted by Gasteiger charge is -2.34. The second-order valence-electron chi connectivity index (χ2n) is 5.12. The van der Waals surface area contributed by atoms with E-state index < -0.39 is 0 Å². The molecule has 1 heterocycles. The first-order valence-corrected chi connectivity index (χ1v) is 6.75. The maximum Gasteiger partial charge on any atom is 0.142 e. The predicted octanol–water partition coefficient (Wildman–Crippen LogP) is 2.60. The molecule has 1 saturated heterocycles. The summed E-state index contributed by atoms with van der Waals surface area (Å²) in [6, 6.07) is 6.33. The summed E-state index contributed by atoms with van der Waals surface area (Å²) in [5.74, 6) is 1.64. The Labute approximate surface area is 109 Å². The summed E-state index contributed by atoms with van der Waals surface area (Å²) in [4.78, 5) is 2.40. The molecule has 1 aromatic carbocycles. The highest BCUT2D eigenvalue weighted by molar-refractivity contribution is 5.60. The molecule has 1 aliphatic rings. The molecule has 0 aliphatic carbocycles. The average Bonchev–Trinajstić information content (AvgIpc) is 2.40. The maximum absolute atomic E-state index is 8.99. The number of aliphatic hydroxyl groups excluding tert-OH is 1. The van der Waals surface area contributed by atoms with Crippen molar-refractivity contribution in [3.8, 4) is 5.75 Å². The van der Waals surface area contributed by atoms with Crippen molar-refractivity contribution in [3.05, 3.63) is 23.8 Å². The standard InChI is InChI=1S/C15H23NO2/c1-12-3-4-15(18-2)14(11-12)16-8-5-13(6-9-16)7-10-17/h3-4,11,13,17H,5-10H2,1-2H3. The molecular formula is C15H23NO2. The average molecular weight is 249 g/mol. The van der Waals surface area contributed by atoms with Crippen LogP contribution in [0, 0.1) is 12.8 Å². The van der Waals surface area contributed by atoms with Crippen LogP contribution in [0.1, 0.15) is 24.8 Å². The fourth-order valence-corrected chi connectivity index (χ4v) is 2.69. The van der Waals surface area contributed by atoms with E-state index in [1.54, 1.807) is 7.11 Å². The molecule has 2 rings (SSSR count). The maximum atomic E-state index is 8.99. The number of methoxy groups -OCH3 is 1. The molecule has 1 aliphatic heterocycles. The summed E-state index contributed by atoms with van der Waals surface area (Å²) in [6.45, 7) is 4.55. The molecule has 0 amide bonds. The smallest absolute Gasteiger partial charge is 0.142 e. The molecule has 1 aromatic rings. The van der Waals surface area contributed by atoms with Crippen LogP contribution >= 0.6 is 0 Å². The van der Waals surface area contributed by atoms with Crippen LogP contribution in [0.2, 0.25) is 0 Å². The van der Waals surface area contributed by atoms with Crippen LogP contribution in [-0.2, 0) is 0 Å². The molecular weight excluding hydrogens is 226 g/mol. The zero-order valence-corrected chi connectivity index (χ0v) is 11.4. The number of hydrogen-bond acceptors (Lipinski definition) is 3. The highest BCUT2D eigenvalue weighted by Crippen LogP contribution is 2.32. The summed E-state index contributed by atoms with van der Waals surface area (Å²) >= 11 is 0. The largest absolute Gasteiger partial charge is 0.495 e. The molecule has 1 N–H and O–H groups in total. The Morgan fingerprint density at radius 2 is 2.06 bits per heavy atom. The molecule has 0 aromatic heterocycles. The van der Waals surface area contributed by atoms with Crippen LogP contribution in [0.15, 0.2) is 18.2 Å². The molecule has 1 fully saturated rings. The number of nitrogens with zero attached hydrogens (tertiary/aromatic N) is 1. The van der Waals surface area contributed by atoms with Crippen molar-refractivity contribution in [3.63, 3.8) is 0 Å². The zero-order valence-electron chi connectivity index (χ0n) is 11.4. The van der Waals surface area contributed by atoms with E-state index in [0.717, 1.165) is 38.1 Å². The second kappa shape index (κ2) is 6.10. The van der Waals surface area contributed by atoms with E-state index in [0.29, 0.717) is 12.5 Å². The van der Waals surface area contributed by atoms with E-state index in [-0.39, 0.29) is 0 Å². The minimum atomic E-state index is 0.318. The van der Waals surface area contributed by atoms with Gasteiger partial charge in [0.2, 0.25) is 0 Å². The first kappa shape index (κ1) is 13.2. The highest BCUT2D eigenvalue weighted by Gasteiger charge is 2.21. The van der Waals surface area contributed by atoms with Crippen molar-refractivity contribution in [2.75, 3.05) is 31.7 Å². The number of piperidine rings is 1. The molecule has 0 spiro atoms. The van der Waals surface area contributed by atoms with Gasteiger partial charge in [0.1, 0.15) is 5.75 Å². The van der Waals surface area contributed by atoms with Crippen molar-refractivity contribution in [2.24, 2.45) is 5.92 Å². The van der Waals surface area contributed by atoms with E-state index in [9.17, 15) is 0 Å². The van der Waals surface area contributed by atoms with Gasteiger partial charge in [-0.05, 0) is 49.8 Å². The molecule has 0 saturated carbocycles. The lowest BCUT2D eigenvalue weighted by molar-refractivity contribution is 0.240. The van der Waals surface area contributed by atoms with Crippen LogP contribution < -0.4 is 9.64 Å². The van der Waals surface area contributed by atoms with Crippen LogP contribution in [0.5, 0.6) is 5.75 Å². The summed E-state index contributed by atoms with van der Waals surface area (Å²) in [7, 11) is 1.73. The van der Waals surface area contributed by atoms with Gasteiger partial charge in [0.15, 0.2) is 0 Å². The first-order valence-electron chi connectivity index (χ1n) is 6.75. The molecule has 18 heavy (non-hydrogen) atoms. The van der Waals surface area contributed by atoms with E-state index >= 15 is 0 Å². The predicted molar refractivity (Wildman–Crippen MR) is 74.4 cm³/mol. The van der Waals surface area contributed by atoms with E-state index in [4.69, 9.17) is 9.84 Å². The van der Waals surface area contributed by atoms with E-state index in [1.807, 2.05) is 6.07 Å². The molecule has 3 nitrogen and oxygen atoms in total. The van der Waals surface area contributed by atoms with Crippen LogP contribution in [0.25, 0.3) is 0 Å². The molecule has 0 atom stereocenters. The molecule has 3 heteroatoms. The van der Waals surface area contributed by atoms with Gasteiger partial charge in [-0.3, -0.25) is 0 Å². The Hall–Kier alpha value is -1.22. The summed E-state index contributed by atoms with van der Waals surface area (Å²) in [5.41, 5.74) is 2.48. The van der Waals surface area contributed by atoms with Gasteiger partial charge in [-0.1, -0.05) is 6.07 Å². The molecule has 0 unspecified atom stereocenters. The Bertz CT molecular complexity index is 384. The summed E-state index contributed by atoms with van der Waals surface area (Å²) < 4.78 is 5.45. The normalized spacial score (nSPS) is 16.9. The van der Waals surface area contributed by atoms with Gasteiger partial charge in [0.25, 0.3) is 0 Å². The Morgan fingerprint density at radius 1 is 1.33 bits per heavy atom. The first-order chi connectivity index (χ1) is 8.74. The van der Waals surface area contributed by atoms with Crippen molar-refractivity contribution in [2.45, 2.75) is 26.2 Å². The third-order valence-corrected chi connectivity index (χ3v) is 3.83. The number of anilines is 1. The van der Waals surface area contributed by atoms with Crippen molar-refractivity contribution in [1.82, 2.24) is 0 Å². The monoisotopic (exact) mass is 249 g/mol. The Kier molecular flexibility index (Phi) is 4.48. The van der Waals surface area contributed by atoms with Crippen LogP contribution in [-0.4, -0.2) is 31.9 Å². The van der Waals surface area contributed by atoms with Gasteiger partial charge < -0.3 is 14.7 Å². The number of aryl methyl sites for hydroxylation is 1. The minimum absolute atomic E-state index is 0.318. The Morgan fingerprint density at radius 3 is 2.67 bits per heavy atom. The van der Waals surface area contributed by atoms with Crippen molar-refractivity contribution in [1.29, 1.82) is 0 Å². The van der Waals surface area contributed by atoms with Gasteiger partial charge in [0.05, 0.1) is 12.8 Å². The fraction of sp³-hybridized carbons (Fsp3) is 0.600. The van der Waals surface area contributed by atoms with Gasteiger partial charge in [-0.15, -0.1) is 0 Å². The molecule has 0 bridgehead atoms. The van der Waals surface area contributed by atoms with Gasteiger partial charge >= 0.3 is 0 Å². The van der Waals surface area contributed by atoms with Gasteiger partial charge in [-0.2, -0.15) is 0 Å². The molecule has 100 valence electrons. The number of ether oxygens (including phenoxy) is 1. The number of aliphatic hydroxyl groups is 1. The van der Waals surface area contributed by atoms with Crippen molar-refractivity contribution >= 4 is 5.69 Å². The van der Waals surface area contributed by atoms with Crippen LogP contribution in [0.4, 0.5) is 5.69 Å². The third kappa shape index (κ3) is 2.96.